The summed E-state index contributed by atoms with van der Waals surface area (Å²) in [4.78, 5) is 21.5. The molecule has 0 saturated carbocycles. The SMILES string of the molecule is C[Si](C)(C)CCOC(=O)Oc1ccc(N=O)cc1. The lowest BCUT2D eigenvalue weighted by Crippen LogP contribution is -2.23. The lowest BCUT2D eigenvalue weighted by Gasteiger charge is -2.14. The number of hydrogen-bond donors (Lipinski definition) is 0. The number of carbonyl (C=O) groups excluding carboxylic acids is 1. The van der Waals surface area contributed by atoms with E-state index >= 15 is 0 Å². The van der Waals surface area contributed by atoms with Crippen molar-refractivity contribution in [2.24, 2.45) is 5.18 Å². The quantitative estimate of drug-likeness (QED) is 0.351. The van der Waals surface area contributed by atoms with Gasteiger partial charge in [-0.25, -0.2) is 4.79 Å². The molecule has 0 amide bonds. The van der Waals surface area contributed by atoms with Gasteiger partial charge in [-0.3, -0.25) is 0 Å². The van der Waals surface area contributed by atoms with Crippen LogP contribution in [0.15, 0.2) is 29.4 Å². The van der Waals surface area contributed by atoms with Crippen molar-refractivity contribution in [2.75, 3.05) is 6.61 Å². The van der Waals surface area contributed by atoms with Gasteiger partial charge in [0.2, 0.25) is 0 Å². The molecule has 0 fully saturated rings. The van der Waals surface area contributed by atoms with Crippen LogP contribution >= 0.6 is 0 Å². The first-order valence-electron chi connectivity index (χ1n) is 5.69. The van der Waals surface area contributed by atoms with Crippen molar-refractivity contribution in [3.05, 3.63) is 29.2 Å². The largest absolute Gasteiger partial charge is 0.513 e. The third-order valence-electron chi connectivity index (χ3n) is 2.22. The van der Waals surface area contributed by atoms with Gasteiger partial charge in [-0.1, -0.05) is 19.6 Å². The molecular weight excluding hydrogens is 250 g/mol. The molecule has 1 aromatic rings. The minimum Gasteiger partial charge on any atom is -0.434 e. The van der Waals surface area contributed by atoms with E-state index in [1.54, 1.807) is 0 Å². The Morgan fingerprint density at radius 2 is 1.83 bits per heavy atom. The van der Waals surface area contributed by atoms with Crippen molar-refractivity contribution < 1.29 is 14.3 Å². The highest BCUT2D eigenvalue weighted by molar-refractivity contribution is 6.76. The van der Waals surface area contributed by atoms with E-state index in [1.807, 2.05) is 0 Å². The van der Waals surface area contributed by atoms with Crippen molar-refractivity contribution in [3.8, 4) is 5.75 Å². The Bertz CT molecular complexity index is 411. The standard InChI is InChI=1S/C12H17NO4Si/c1-18(2,3)9-8-16-12(14)17-11-6-4-10(13-15)5-7-11/h4-7H,8-9H2,1-3H3. The van der Waals surface area contributed by atoms with Crippen LogP contribution in [-0.4, -0.2) is 20.8 Å². The molecule has 6 heteroatoms. The number of hydrogen-bond acceptors (Lipinski definition) is 5. The van der Waals surface area contributed by atoms with Gasteiger partial charge in [0, 0.05) is 8.07 Å². The minimum atomic E-state index is -1.21. The molecular formula is C12H17NO4Si. The molecule has 0 atom stereocenters. The maximum atomic E-state index is 11.3. The van der Waals surface area contributed by atoms with Crippen LogP contribution in [0.5, 0.6) is 5.75 Å². The molecule has 0 bridgehead atoms. The molecule has 1 rings (SSSR count). The molecule has 0 aromatic heterocycles. The maximum absolute atomic E-state index is 11.3. The van der Waals surface area contributed by atoms with Crippen LogP contribution in [0.1, 0.15) is 0 Å². The van der Waals surface area contributed by atoms with Crippen molar-refractivity contribution in [3.63, 3.8) is 0 Å². The summed E-state index contributed by atoms with van der Waals surface area (Å²) in [7, 11) is -1.21. The zero-order valence-electron chi connectivity index (χ0n) is 10.8. The molecule has 0 aliphatic carbocycles. The average Bonchev–Trinajstić information content (AvgIpc) is 2.28. The zero-order valence-corrected chi connectivity index (χ0v) is 11.8. The Labute approximate surface area is 107 Å². The third kappa shape index (κ3) is 5.58. The summed E-state index contributed by atoms with van der Waals surface area (Å²) < 4.78 is 9.91. The Morgan fingerprint density at radius 1 is 1.22 bits per heavy atom. The van der Waals surface area contributed by atoms with E-state index < -0.39 is 14.2 Å². The van der Waals surface area contributed by atoms with Crippen LogP contribution in [0.25, 0.3) is 0 Å². The average molecular weight is 267 g/mol. The Hall–Kier alpha value is -1.69. The second kappa shape index (κ2) is 6.30. The zero-order chi connectivity index (χ0) is 13.6. The van der Waals surface area contributed by atoms with Gasteiger partial charge in [0.05, 0.1) is 6.61 Å². The van der Waals surface area contributed by atoms with E-state index in [0.717, 1.165) is 6.04 Å². The molecule has 18 heavy (non-hydrogen) atoms. The lowest BCUT2D eigenvalue weighted by atomic mass is 10.3. The third-order valence-corrected chi connectivity index (χ3v) is 3.92. The minimum absolute atomic E-state index is 0.287. The molecule has 5 nitrogen and oxygen atoms in total. The van der Waals surface area contributed by atoms with Gasteiger partial charge >= 0.3 is 6.16 Å². The molecule has 98 valence electrons. The highest BCUT2D eigenvalue weighted by Gasteiger charge is 2.14. The van der Waals surface area contributed by atoms with Crippen LogP contribution in [0.2, 0.25) is 25.7 Å². The molecule has 0 N–H and O–H groups in total. The molecule has 0 heterocycles. The molecule has 0 aliphatic heterocycles. The first-order chi connectivity index (χ1) is 8.40. The smallest absolute Gasteiger partial charge is 0.434 e. The summed E-state index contributed by atoms with van der Waals surface area (Å²) >= 11 is 0. The van der Waals surface area contributed by atoms with Crippen molar-refractivity contribution in [1.29, 1.82) is 0 Å². The number of benzene rings is 1. The van der Waals surface area contributed by atoms with Crippen molar-refractivity contribution in [2.45, 2.75) is 25.7 Å². The molecule has 0 unspecified atom stereocenters. The van der Waals surface area contributed by atoms with Gasteiger partial charge in [-0.2, -0.15) is 0 Å². The predicted molar refractivity (Wildman–Crippen MR) is 72.0 cm³/mol. The van der Waals surface area contributed by atoms with Crippen molar-refractivity contribution in [1.82, 2.24) is 0 Å². The van der Waals surface area contributed by atoms with Crippen LogP contribution in [0, 0.1) is 4.91 Å². The second-order valence-electron chi connectivity index (χ2n) is 5.10. The number of carbonyl (C=O) groups is 1. The fourth-order valence-electron chi connectivity index (χ4n) is 1.14. The van der Waals surface area contributed by atoms with E-state index in [4.69, 9.17) is 9.47 Å². The van der Waals surface area contributed by atoms with Gasteiger partial charge in [0.15, 0.2) is 0 Å². The Balaban J connectivity index is 2.37. The topological polar surface area (TPSA) is 65.0 Å². The summed E-state index contributed by atoms with van der Waals surface area (Å²) in [5.74, 6) is 0.334. The highest BCUT2D eigenvalue weighted by atomic mass is 28.3. The number of nitrogens with zero attached hydrogens (tertiary/aromatic N) is 1. The fraction of sp³-hybridized carbons (Fsp3) is 0.417. The summed E-state index contributed by atoms with van der Waals surface area (Å²) in [6, 6.07) is 6.83. The Morgan fingerprint density at radius 3 is 2.33 bits per heavy atom. The highest BCUT2D eigenvalue weighted by Crippen LogP contribution is 2.18. The van der Waals surface area contributed by atoms with E-state index in [1.165, 1.54) is 24.3 Å². The molecule has 0 aliphatic rings. The van der Waals surface area contributed by atoms with E-state index in [9.17, 15) is 9.70 Å². The number of nitroso groups, excluding NO2 is 1. The maximum Gasteiger partial charge on any atom is 0.513 e. The monoisotopic (exact) mass is 267 g/mol. The van der Waals surface area contributed by atoms with Crippen LogP contribution in [0.4, 0.5) is 10.5 Å². The van der Waals surface area contributed by atoms with Gasteiger partial charge < -0.3 is 9.47 Å². The molecule has 0 radical (unpaired) electrons. The number of rotatable bonds is 5. The first-order valence-corrected chi connectivity index (χ1v) is 9.39. The summed E-state index contributed by atoms with van der Waals surface area (Å²) in [5.41, 5.74) is 0.287. The van der Waals surface area contributed by atoms with Gasteiger partial charge in [0.25, 0.3) is 0 Å². The van der Waals surface area contributed by atoms with Crippen LogP contribution in [-0.2, 0) is 4.74 Å². The van der Waals surface area contributed by atoms with E-state index in [-0.39, 0.29) is 5.69 Å². The fourth-order valence-corrected chi connectivity index (χ4v) is 1.86. The normalized spacial score (nSPS) is 10.8. The van der Waals surface area contributed by atoms with E-state index in [0.29, 0.717) is 12.4 Å². The molecule has 0 spiro atoms. The molecule has 1 aromatic carbocycles. The summed E-state index contributed by atoms with van der Waals surface area (Å²) in [6.45, 7) is 6.98. The van der Waals surface area contributed by atoms with Gasteiger partial charge in [0.1, 0.15) is 11.4 Å². The summed E-state index contributed by atoms with van der Waals surface area (Å²) in [5, 5.41) is 2.75. The van der Waals surface area contributed by atoms with Crippen molar-refractivity contribution >= 4 is 19.9 Å². The second-order valence-corrected chi connectivity index (χ2v) is 10.7. The van der Waals surface area contributed by atoms with E-state index in [2.05, 4.69) is 24.8 Å². The van der Waals surface area contributed by atoms with Crippen LogP contribution < -0.4 is 4.74 Å². The molecule has 0 saturated heterocycles. The lowest BCUT2D eigenvalue weighted by molar-refractivity contribution is 0.104. The van der Waals surface area contributed by atoms with Gasteiger partial charge in [-0.15, -0.1) is 4.91 Å². The predicted octanol–water partition coefficient (Wildman–Crippen LogP) is 3.94. The number of ether oxygens (including phenoxy) is 2. The van der Waals surface area contributed by atoms with Gasteiger partial charge in [-0.05, 0) is 35.5 Å². The first kappa shape index (κ1) is 14.4. The summed E-state index contributed by atoms with van der Waals surface area (Å²) in [6.07, 6.45) is -0.722. The Kier molecular flexibility index (Phi) is 5.03. The van der Waals surface area contributed by atoms with Crippen LogP contribution in [0.3, 0.4) is 0 Å².